The van der Waals surface area contributed by atoms with E-state index in [0.29, 0.717) is 19.6 Å². The molecule has 0 aromatic carbocycles. The molecule has 0 radical (unpaired) electrons. The van der Waals surface area contributed by atoms with E-state index in [1.54, 1.807) is 0 Å². The lowest BCUT2D eigenvalue weighted by atomic mass is 10.1. The summed E-state index contributed by atoms with van der Waals surface area (Å²) in [5.41, 5.74) is 0. The van der Waals surface area contributed by atoms with Gasteiger partial charge >= 0.3 is 5.97 Å². The molecule has 0 saturated heterocycles. The molecular weight excluding hydrogens is 482 g/mol. The highest BCUT2D eigenvalue weighted by Gasteiger charge is 2.04. The molecule has 2 N–H and O–H groups in total. The Labute approximate surface area is 243 Å². The van der Waals surface area contributed by atoms with Crippen LogP contribution >= 0.6 is 0 Å². The van der Waals surface area contributed by atoms with E-state index in [1.165, 1.54) is 103 Å². The zero-order chi connectivity index (χ0) is 28.5. The summed E-state index contributed by atoms with van der Waals surface area (Å²) in [5.74, 6) is -0.0232. The maximum Gasteiger partial charge on any atom is 0.305 e. The molecule has 0 spiro atoms. The van der Waals surface area contributed by atoms with Gasteiger partial charge in [0.1, 0.15) is 0 Å². The Bertz CT molecular complexity index is 546. The average Bonchev–Trinajstić information content (AvgIpc) is 2.93. The van der Waals surface area contributed by atoms with Gasteiger partial charge in [0.15, 0.2) is 0 Å². The van der Waals surface area contributed by atoms with Gasteiger partial charge in [-0.05, 0) is 64.3 Å². The maximum atomic E-state index is 11.8. The van der Waals surface area contributed by atoms with E-state index < -0.39 is 0 Å². The van der Waals surface area contributed by atoms with Gasteiger partial charge in [-0.15, -0.1) is 0 Å². The van der Waals surface area contributed by atoms with Gasteiger partial charge in [0.25, 0.3) is 0 Å². The minimum atomic E-state index is -0.221. The number of hydrogen-bond acceptors (Lipinski definition) is 4. The van der Waals surface area contributed by atoms with Gasteiger partial charge in [-0.3, -0.25) is 4.79 Å². The largest absolute Gasteiger partial charge is 0.466 e. The Morgan fingerprint density at radius 3 is 1.92 bits per heavy atom. The van der Waals surface area contributed by atoms with E-state index in [4.69, 9.17) is 4.74 Å². The first kappa shape index (κ1) is 37.9. The molecule has 230 valence electrons. The summed E-state index contributed by atoms with van der Waals surface area (Å²) in [6, 6.07) is 0. The van der Waals surface area contributed by atoms with E-state index >= 15 is 0 Å². The zero-order valence-electron chi connectivity index (χ0n) is 26.2. The first-order valence-electron chi connectivity index (χ1n) is 17.0. The quantitative estimate of drug-likeness (QED) is 0.0513. The molecule has 0 aliphatic rings. The maximum absolute atomic E-state index is 11.8. The molecule has 39 heavy (non-hydrogen) atoms. The minimum Gasteiger partial charge on any atom is -0.466 e. The van der Waals surface area contributed by atoms with E-state index in [0.717, 1.165) is 51.5 Å². The summed E-state index contributed by atoms with van der Waals surface area (Å²) in [5, 5.41) is 13.6. The number of aliphatic hydroxyl groups excluding tert-OH is 1. The molecule has 0 heterocycles. The van der Waals surface area contributed by atoms with E-state index in [-0.39, 0.29) is 12.1 Å². The van der Waals surface area contributed by atoms with Gasteiger partial charge in [0, 0.05) is 13.0 Å². The van der Waals surface area contributed by atoms with E-state index in [9.17, 15) is 9.90 Å². The lowest BCUT2D eigenvalue weighted by Gasteiger charge is -2.11. The highest BCUT2D eigenvalue weighted by molar-refractivity contribution is 5.69. The fourth-order valence-electron chi connectivity index (χ4n) is 4.75. The first-order chi connectivity index (χ1) is 19.2. The number of carbonyl (C=O) groups is 1. The van der Waals surface area contributed by atoms with Crippen LogP contribution in [-0.4, -0.2) is 36.9 Å². The Hall–Kier alpha value is -1.13. The molecule has 0 bridgehead atoms. The molecule has 0 fully saturated rings. The first-order valence-corrected chi connectivity index (χ1v) is 17.0. The Kier molecular flexibility index (Phi) is 32.1. The monoisotopic (exact) mass is 550 g/mol. The summed E-state index contributed by atoms with van der Waals surface area (Å²) in [4.78, 5) is 11.8. The third-order valence-corrected chi connectivity index (χ3v) is 7.36. The van der Waals surface area contributed by atoms with Crippen LogP contribution in [-0.2, 0) is 9.53 Å². The molecule has 4 nitrogen and oxygen atoms in total. The van der Waals surface area contributed by atoms with E-state index in [2.05, 4.69) is 43.5 Å². The summed E-state index contributed by atoms with van der Waals surface area (Å²) >= 11 is 0. The Balaban J connectivity index is 3.30. The predicted octanol–water partition coefficient (Wildman–Crippen LogP) is 9.99. The number of allylic oxidation sites excluding steroid dienone is 4. The SMILES string of the molecule is CCCCCC=CCC=CCCCCCCC(O)CNCCCCCCCC(=O)OCCCCCCCCC. The molecule has 0 aromatic rings. The van der Waals surface area contributed by atoms with Crippen LogP contribution < -0.4 is 5.32 Å². The third-order valence-electron chi connectivity index (χ3n) is 7.36. The van der Waals surface area contributed by atoms with Crippen molar-refractivity contribution in [2.24, 2.45) is 0 Å². The van der Waals surface area contributed by atoms with Crippen LogP contribution in [0.25, 0.3) is 0 Å². The number of unbranched alkanes of at least 4 members (excludes halogenated alkanes) is 17. The molecule has 1 atom stereocenters. The van der Waals surface area contributed by atoms with Crippen molar-refractivity contribution in [2.45, 2.75) is 174 Å². The van der Waals surface area contributed by atoms with Crippen LogP contribution in [0.15, 0.2) is 24.3 Å². The molecule has 0 amide bonds. The third kappa shape index (κ3) is 33.0. The fourth-order valence-corrected chi connectivity index (χ4v) is 4.75. The average molecular weight is 550 g/mol. The number of carbonyl (C=O) groups excluding carboxylic acids is 1. The lowest BCUT2D eigenvalue weighted by Crippen LogP contribution is -2.27. The van der Waals surface area contributed by atoms with Gasteiger partial charge in [0.05, 0.1) is 12.7 Å². The van der Waals surface area contributed by atoms with E-state index in [1.807, 2.05) is 0 Å². The number of rotatable bonds is 31. The van der Waals surface area contributed by atoms with Crippen molar-refractivity contribution >= 4 is 5.97 Å². The Morgan fingerprint density at radius 2 is 1.21 bits per heavy atom. The fraction of sp³-hybridized carbons (Fsp3) is 0.857. The van der Waals surface area contributed by atoms with Crippen molar-refractivity contribution in [3.8, 4) is 0 Å². The van der Waals surface area contributed by atoms with Gasteiger partial charge in [-0.1, -0.05) is 128 Å². The molecule has 0 aliphatic carbocycles. The van der Waals surface area contributed by atoms with Crippen molar-refractivity contribution in [1.29, 1.82) is 0 Å². The normalized spacial score (nSPS) is 12.6. The zero-order valence-corrected chi connectivity index (χ0v) is 26.2. The number of hydrogen-bond donors (Lipinski definition) is 2. The van der Waals surface area contributed by atoms with Gasteiger partial charge < -0.3 is 15.2 Å². The van der Waals surface area contributed by atoms with Gasteiger partial charge in [-0.25, -0.2) is 0 Å². The van der Waals surface area contributed by atoms with Gasteiger partial charge in [-0.2, -0.15) is 0 Å². The standard InChI is InChI=1S/C35H67NO3/c1-3-5-7-9-11-12-13-14-15-16-17-18-21-25-29-34(37)33-36-31-27-23-20-22-26-30-35(38)39-32-28-24-19-10-8-6-4-2/h11-12,14-15,34,36-37H,3-10,13,16-33H2,1-2H3. The minimum absolute atomic E-state index is 0.0232. The van der Waals surface area contributed by atoms with Gasteiger partial charge in [0.2, 0.25) is 0 Å². The summed E-state index contributed by atoms with van der Waals surface area (Å²) in [7, 11) is 0. The van der Waals surface area contributed by atoms with Crippen LogP contribution in [0, 0.1) is 0 Å². The summed E-state index contributed by atoms with van der Waals surface area (Å²) in [6.07, 6.45) is 37.0. The van der Waals surface area contributed by atoms with Crippen LogP contribution in [0.4, 0.5) is 0 Å². The van der Waals surface area contributed by atoms with Crippen LogP contribution in [0.5, 0.6) is 0 Å². The second-order valence-electron chi connectivity index (χ2n) is 11.4. The number of ether oxygens (including phenoxy) is 1. The van der Waals surface area contributed by atoms with Crippen LogP contribution in [0.2, 0.25) is 0 Å². The predicted molar refractivity (Wildman–Crippen MR) is 170 cm³/mol. The number of esters is 1. The lowest BCUT2D eigenvalue weighted by molar-refractivity contribution is -0.143. The van der Waals surface area contributed by atoms with Crippen molar-refractivity contribution in [3.05, 3.63) is 24.3 Å². The smallest absolute Gasteiger partial charge is 0.305 e. The molecule has 0 rings (SSSR count). The number of aliphatic hydroxyl groups is 1. The molecule has 0 aromatic heterocycles. The van der Waals surface area contributed by atoms with Crippen molar-refractivity contribution in [1.82, 2.24) is 5.32 Å². The summed E-state index contributed by atoms with van der Waals surface area (Å²) < 4.78 is 5.35. The second kappa shape index (κ2) is 33.1. The highest BCUT2D eigenvalue weighted by Crippen LogP contribution is 2.10. The molecular formula is C35H67NO3. The Morgan fingerprint density at radius 1 is 0.667 bits per heavy atom. The van der Waals surface area contributed by atoms with Crippen LogP contribution in [0.1, 0.15) is 168 Å². The molecule has 1 unspecified atom stereocenters. The van der Waals surface area contributed by atoms with Crippen LogP contribution in [0.3, 0.4) is 0 Å². The number of nitrogens with one attached hydrogen (secondary N) is 1. The van der Waals surface area contributed by atoms with Crippen molar-refractivity contribution < 1.29 is 14.6 Å². The molecule has 0 saturated carbocycles. The van der Waals surface area contributed by atoms with Crippen molar-refractivity contribution in [2.75, 3.05) is 19.7 Å². The molecule has 0 aliphatic heterocycles. The summed E-state index contributed by atoms with van der Waals surface area (Å²) in [6.45, 7) is 6.76. The highest BCUT2D eigenvalue weighted by atomic mass is 16.5. The second-order valence-corrected chi connectivity index (χ2v) is 11.4. The topological polar surface area (TPSA) is 58.6 Å². The van der Waals surface area contributed by atoms with Crippen molar-refractivity contribution in [3.63, 3.8) is 0 Å². The molecule has 4 heteroatoms.